The van der Waals surface area contributed by atoms with Crippen LogP contribution in [0.4, 0.5) is 0 Å². The van der Waals surface area contributed by atoms with Gasteiger partial charge in [0.1, 0.15) is 0 Å². The Labute approximate surface area is 121 Å². The molecule has 0 aliphatic rings. The van der Waals surface area contributed by atoms with Gasteiger partial charge in [-0.2, -0.15) is 0 Å². The Bertz CT molecular complexity index is 539. The Hall–Kier alpha value is -0.670. The van der Waals surface area contributed by atoms with Crippen molar-refractivity contribution >= 4 is 34.8 Å². The molecule has 0 spiro atoms. The second-order valence-corrected chi connectivity index (χ2v) is 5.10. The monoisotopic (exact) mass is 303 g/mol. The van der Waals surface area contributed by atoms with Crippen LogP contribution in [0.5, 0.6) is 0 Å². The first-order chi connectivity index (χ1) is 8.61. The van der Waals surface area contributed by atoms with E-state index in [4.69, 9.17) is 39.2 Å². The molecule has 1 aromatic heterocycles. The molecule has 1 heterocycles. The fraction of sp³-hybridized carbons (Fsp3) is 0.231. The molecule has 96 valence electrons. The first-order valence-electron chi connectivity index (χ1n) is 5.46. The van der Waals surface area contributed by atoms with Crippen molar-refractivity contribution in [1.29, 1.82) is 0 Å². The molecular weight excluding hydrogens is 293 g/mol. The molecule has 1 N–H and O–H groups in total. The molecule has 0 amide bonds. The van der Waals surface area contributed by atoms with E-state index in [0.29, 0.717) is 15.3 Å². The van der Waals surface area contributed by atoms with Crippen LogP contribution in [0.15, 0.2) is 34.9 Å². The number of nitrogens with one attached hydrogen (secondary N) is 1. The van der Waals surface area contributed by atoms with Crippen LogP contribution in [0.25, 0.3) is 0 Å². The van der Waals surface area contributed by atoms with E-state index < -0.39 is 0 Å². The summed E-state index contributed by atoms with van der Waals surface area (Å²) in [5, 5.41) is 4.73. The lowest BCUT2D eigenvalue weighted by Crippen LogP contribution is -2.18. The average molecular weight is 305 g/mol. The molecule has 1 atom stereocenters. The zero-order chi connectivity index (χ0) is 13.1. The predicted molar refractivity (Wildman–Crippen MR) is 75.7 cm³/mol. The summed E-state index contributed by atoms with van der Waals surface area (Å²) in [6.45, 7) is 0. The average Bonchev–Trinajstić information content (AvgIpc) is 2.77. The van der Waals surface area contributed by atoms with Crippen LogP contribution in [-0.4, -0.2) is 7.05 Å². The SMILES string of the molecule is CNC(Cc1ccc(Cl)c(Cl)c1)c1ccoc1Cl. The van der Waals surface area contributed by atoms with Gasteiger partial charge in [0.25, 0.3) is 0 Å². The van der Waals surface area contributed by atoms with Gasteiger partial charge in [0.2, 0.25) is 0 Å². The minimum atomic E-state index is 0.0773. The predicted octanol–water partition coefficient (Wildman–Crippen LogP) is 4.74. The van der Waals surface area contributed by atoms with Crippen LogP contribution >= 0.6 is 34.8 Å². The number of hydrogen-bond donors (Lipinski definition) is 1. The highest BCUT2D eigenvalue weighted by atomic mass is 35.5. The summed E-state index contributed by atoms with van der Waals surface area (Å²) in [6.07, 6.45) is 2.34. The zero-order valence-corrected chi connectivity index (χ0v) is 12.0. The number of rotatable bonds is 4. The van der Waals surface area contributed by atoms with Gasteiger partial charge in [0.15, 0.2) is 5.22 Å². The van der Waals surface area contributed by atoms with Crippen LogP contribution in [0.2, 0.25) is 15.3 Å². The highest BCUT2D eigenvalue weighted by Gasteiger charge is 2.16. The van der Waals surface area contributed by atoms with Crippen molar-refractivity contribution in [3.8, 4) is 0 Å². The summed E-state index contributed by atoms with van der Waals surface area (Å²) >= 11 is 17.9. The van der Waals surface area contributed by atoms with E-state index in [1.165, 1.54) is 0 Å². The van der Waals surface area contributed by atoms with E-state index in [1.54, 1.807) is 12.3 Å². The first kappa shape index (κ1) is 13.8. The fourth-order valence-electron chi connectivity index (χ4n) is 1.82. The molecule has 0 bridgehead atoms. The summed E-state index contributed by atoms with van der Waals surface area (Å²) in [5.74, 6) is 0. The van der Waals surface area contributed by atoms with Crippen molar-refractivity contribution in [3.05, 3.63) is 56.9 Å². The minimum Gasteiger partial charge on any atom is -0.453 e. The largest absolute Gasteiger partial charge is 0.453 e. The van der Waals surface area contributed by atoms with Gasteiger partial charge in [0.05, 0.1) is 16.3 Å². The lowest BCUT2D eigenvalue weighted by molar-refractivity contribution is 0.544. The van der Waals surface area contributed by atoms with Gasteiger partial charge in [-0.1, -0.05) is 29.3 Å². The summed E-state index contributed by atoms with van der Waals surface area (Å²) in [4.78, 5) is 0. The molecule has 0 aliphatic carbocycles. The van der Waals surface area contributed by atoms with E-state index in [2.05, 4.69) is 5.32 Å². The van der Waals surface area contributed by atoms with Crippen molar-refractivity contribution in [2.75, 3.05) is 7.05 Å². The van der Waals surface area contributed by atoms with Gasteiger partial charge in [-0.3, -0.25) is 0 Å². The van der Waals surface area contributed by atoms with E-state index in [1.807, 2.05) is 25.2 Å². The number of hydrogen-bond acceptors (Lipinski definition) is 2. The first-order valence-corrected chi connectivity index (χ1v) is 6.59. The maximum atomic E-state index is 6.00. The Morgan fingerprint density at radius 2 is 1.94 bits per heavy atom. The molecule has 0 fully saturated rings. The maximum absolute atomic E-state index is 6.00. The fourth-order valence-corrected chi connectivity index (χ4v) is 2.39. The second-order valence-electron chi connectivity index (χ2n) is 3.94. The van der Waals surface area contributed by atoms with Crippen LogP contribution in [0.1, 0.15) is 17.2 Å². The standard InChI is InChI=1S/C13H12Cl3NO/c1-17-12(9-4-5-18-13(9)16)7-8-2-3-10(14)11(15)6-8/h2-6,12,17H,7H2,1H3. The van der Waals surface area contributed by atoms with Gasteiger partial charge >= 0.3 is 0 Å². The van der Waals surface area contributed by atoms with E-state index in [9.17, 15) is 0 Å². The number of furan rings is 1. The third-order valence-corrected chi connectivity index (χ3v) is 3.84. The van der Waals surface area contributed by atoms with Crippen molar-refractivity contribution in [1.82, 2.24) is 5.32 Å². The van der Waals surface area contributed by atoms with Gasteiger partial charge in [-0.05, 0) is 48.8 Å². The van der Waals surface area contributed by atoms with Crippen LogP contribution < -0.4 is 5.32 Å². The summed E-state index contributed by atoms with van der Waals surface area (Å²) in [5.41, 5.74) is 2.02. The molecule has 2 aromatic rings. The molecule has 1 aromatic carbocycles. The lowest BCUT2D eigenvalue weighted by atomic mass is 10.0. The Balaban J connectivity index is 2.20. The van der Waals surface area contributed by atoms with Crippen LogP contribution in [0.3, 0.4) is 0 Å². The summed E-state index contributed by atoms with van der Waals surface area (Å²) in [7, 11) is 1.88. The van der Waals surface area contributed by atoms with Gasteiger partial charge < -0.3 is 9.73 Å². The van der Waals surface area contributed by atoms with Gasteiger partial charge in [-0.25, -0.2) is 0 Å². The van der Waals surface area contributed by atoms with Gasteiger partial charge in [-0.15, -0.1) is 0 Å². The zero-order valence-electron chi connectivity index (χ0n) is 9.71. The van der Waals surface area contributed by atoms with Crippen molar-refractivity contribution in [2.45, 2.75) is 12.5 Å². The molecule has 0 radical (unpaired) electrons. The topological polar surface area (TPSA) is 25.2 Å². The highest BCUT2D eigenvalue weighted by Crippen LogP contribution is 2.29. The molecule has 0 saturated heterocycles. The van der Waals surface area contributed by atoms with Crippen LogP contribution in [0, 0.1) is 0 Å². The normalized spacial score (nSPS) is 12.7. The second kappa shape index (κ2) is 5.98. The van der Waals surface area contributed by atoms with Crippen molar-refractivity contribution < 1.29 is 4.42 Å². The summed E-state index contributed by atoms with van der Waals surface area (Å²) in [6, 6.07) is 7.55. The molecule has 0 aliphatic heterocycles. The smallest absolute Gasteiger partial charge is 0.197 e. The number of likely N-dealkylation sites (N-methyl/N-ethyl adjacent to an activating group) is 1. The van der Waals surface area contributed by atoms with Crippen molar-refractivity contribution in [2.24, 2.45) is 0 Å². The molecule has 2 rings (SSSR count). The third-order valence-electron chi connectivity index (χ3n) is 2.79. The highest BCUT2D eigenvalue weighted by molar-refractivity contribution is 6.42. The number of benzene rings is 1. The number of halogens is 3. The van der Waals surface area contributed by atoms with E-state index in [0.717, 1.165) is 17.5 Å². The Morgan fingerprint density at radius 3 is 2.50 bits per heavy atom. The van der Waals surface area contributed by atoms with E-state index in [-0.39, 0.29) is 6.04 Å². The Morgan fingerprint density at radius 1 is 1.17 bits per heavy atom. The van der Waals surface area contributed by atoms with Crippen molar-refractivity contribution in [3.63, 3.8) is 0 Å². The molecule has 2 nitrogen and oxygen atoms in total. The molecule has 18 heavy (non-hydrogen) atoms. The lowest BCUT2D eigenvalue weighted by Gasteiger charge is -2.15. The third kappa shape index (κ3) is 3.01. The Kier molecular flexibility index (Phi) is 4.57. The van der Waals surface area contributed by atoms with Crippen LogP contribution in [-0.2, 0) is 6.42 Å². The quantitative estimate of drug-likeness (QED) is 0.882. The molecular formula is C13H12Cl3NO. The van der Waals surface area contributed by atoms with Gasteiger partial charge in [0, 0.05) is 11.6 Å². The maximum Gasteiger partial charge on any atom is 0.197 e. The molecule has 5 heteroatoms. The summed E-state index contributed by atoms with van der Waals surface area (Å²) < 4.78 is 5.11. The molecule has 1 unspecified atom stereocenters. The van der Waals surface area contributed by atoms with E-state index >= 15 is 0 Å². The minimum absolute atomic E-state index is 0.0773. The molecule has 0 saturated carbocycles.